The Kier molecular flexibility index (Phi) is 9.59. The molecule has 9 heteroatoms. The number of sulfonamides is 1. The Morgan fingerprint density at radius 1 is 1.13 bits per heavy atom. The highest BCUT2D eigenvalue weighted by Gasteiger charge is 2.39. The fraction of sp³-hybridized carbons (Fsp3) is 0.517. The van der Waals surface area contributed by atoms with Crippen LogP contribution in [-0.2, 0) is 26.0 Å². The van der Waals surface area contributed by atoms with Crippen molar-refractivity contribution in [3.8, 4) is 11.1 Å². The van der Waals surface area contributed by atoms with E-state index in [1.165, 1.54) is 0 Å². The number of amides is 1. The van der Waals surface area contributed by atoms with Crippen LogP contribution in [0.4, 0.5) is 4.79 Å². The number of carbonyl (C=O) groups excluding carboxylic acids is 1. The molecule has 1 saturated heterocycles. The summed E-state index contributed by atoms with van der Waals surface area (Å²) in [6.07, 6.45) is 3.21. The van der Waals surface area contributed by atoms with Crippen LogP contribution in [0.2, 0.25) is 0 Å². The van der Waals surface area contributed by atoms with Gasteiger partial charge in [-0.1, -0.05) is 61.9 Å². The summed E-state index contributed by atoms with van der Waals surface area (Å²) in [6, 6.07) is 14.3. The number of nitrogens with one attached hydrogen (secondary N) is 1. The first-order chi connectivity index (χ1) is 17.8. The van der Waals surface area contributed by atoms with Crippen molar-refractivity contribution >= 4 is 22.1 Å². The van der Waals surface area contributed by atoms with Crippen LogP contribution in [0, 0.1) is 0 Å². The number of ether oxygens (including phenoxy) is 1. The highest BCUT2D eigenvalue weighted by molar-refractivity contribution is 7.88. The maximum absolute atomic E-state index is 13.3. The molecule has 2 aromatic carbocycles. The Balaban J connectivity index is 2.15. The third-order valence-electron chi connectivity index (χ3n) is 6.71. The molecule has 1 heterocycles. The highest BCUT2D eigenvalue weighted by Crippen LogP contribution is 2.37. The molecule has 0 spiro atoms. The Labute approximate surface area is 226 Å². The second-order valence-electron chi connectivity index (χ2n) is 11.0. The van der Waals surface area contributed by atoms with Gasteiger partial charge in [0.25, 0.3) is 0 Å². The summed E-state index contributed by atoms with van der Waals surface area (Å²) in [6.45, 7) is 7.75. The molecule has 1 aliphatic rings. The lowest BCUT2D eigenvalue weighted by Crippen LogP contribution is -2.58. The molecule has 3 unspecified atom stereocenters. The highest BCUT2D eigenvalue weighted by atomic mass is 32.2. The zero-order chi connectivity index (χ0) is 28.1. The third kappa shape index (κ3) is 7.80. The molecule has 1 amide bonds. The van der Waals surface area contributed by atoms with Crippen LogP contribution in [-0.4, -0.2) is 61.0 Å². The van der Waals surface area contributed by atoms with Gasteiger partial charge in [-0.25, -0.2) is 17.9 Å². The van der Waals surface area contributed by atoms with E-state index < -0.39 is 45.7 Å². The van der Waals surface area contributed by atoms with Crippen LogP contribution in [0.3, 0.4) is 0 Å². The standard InChI is InChI=1S/C29H40N2O6S/c1-6-12-23(27(32)33)26-21(15-10-16-22(26)20-13-8-7-9-14-20)19-25-24(30-38(5,35)36)17-11-18-31(25)28(34)37-29(2,3)4/h7-10,13-16,23-25,30H,6,11-12,17-19H2,1-5H3,(H,32,33). The zero-order valence-electron chi connectivity index (χ0n) is 22.9. The molecule has 3 atom stereocenters. The number of rotatable bonds is 9. The third-order valence-corrected chi connectivity index (χ3v) is 7.44. The lowest BCUT2D eigenvalue weighted by molar-refractivity contribution is -0.139. The molecule has 208 valence electrons. The van der Waals surface area contributed by atoms with E-state index in [4.69, 9.17) is 4.74 Å². The van der Waals surface area contributed by atoms with Gasteiger partial charge in [0.2, 0.25) is 10.0 Å². The van der Waals surface area contributed by atoms with Gasteiger partial charge < -0.3 is 14.7 Å². The van der Waals surface area contributed by atoms with E-state index in [1.54, 1.807) is 25.7 Å². The van der Waals surface area contributed by atoms with E-state index in [0.29, 0.717) is 37.8 Å². The minimum atomic E-state index is -3.56. The van der Waals surface area contributed by atoms with E-state index in [2.05, 4.69) is 4.72 Å². The van der Waals surface area contributed by atoms with E-state index >= 15 is 0 Å². The molecule has 0 aromatic heterocycles. The summed E-state index contributed by atoms with van der Waals surface area (Å²) in [5.41, 5.74) is 2.52. The van der Waals surface area contributed by atoms with Gasteiger partial charge in [-0.2, -0.15) is 0 Å². The minimum Gasteiger partial charge on any atom is -0.481 e. The zero-order valence-corrected chi connectivity index (χ0v) is 23.8. The van der Waals surface area contributed by atoms with Crippen molar-refractivity contribution in [3.05, 3.63) is 59.7 Å². The molecule has 2 aromatic rings. The first-order valence-corrected chi connectivity index (χ1v) is 15.1. The van der Waals surface area contributed by atoms with Gasteiger partial charge in [0, 0.05) is 12.6 Å². The molecular weight excluding hydrogens is 504 g/mol. The number of carboxylic acids is 1. The fourth-order valence-corrected chi connectivity index (χ4v) is 6.07. The van der Waals surface area contributed by atoms with Crippen molar-refractivity contribution in [3.63, 3.8) is 0 Å². The van der Waals surface area contributed by atoms with Crippen molar-refractivity contribution in [2.24, 2.45) is 0 Å². The van der Waals surface area contributed by atoms with Crippen LogP contribution in [0.15, 0.2) is 48.5 Å². The quantitative estimate of drug-likeness (QED) is 0.450. The molecule has 38 heavy (non-hydrogen) atoms. The summed E-state index contributed by atoms with van der Waals surface area (Å²) in [7, 11) is -3.56. The molecule has 1 fully saturated rings. The molecular formula is C29H40N2O6S. The first-order valence-electron chi connectivity index (χ1n) is 13.2. The van der Waals surface area contributed by atoms with E-state index in [1.807, 2.05) is 55.5 Å². The summed E-state index contributed by atoms with van der Waals surface area (Å²) < 4.78 is 32.9. The van der Waals surface area contributed by atoms with Crippen molar-refractivity contribution < 1.29 is 27.9 Å². The Morgan fingerprint density at radius 3 is 2.39 bits per heavy atom. The van der Waals surface area contributed by atoms with Gasteiger partial charge >= 0.3 is 12.1 Å². The Morgan fingerprint density at radius 2 is 1.82 bits per heavy atom. The molecule has 0 radical (unpaired) electrons. The monoisotopic (exact) mass is 544 g/mol. The van der Waals surface area contributed by atoms with E-state index in [-0.39, 0.29) is 6.42 Å². The topological polar surface area (TPSA) is 113 Å². The van der Waals surface area contributed by atoms with Gasteiger partial charge in [0.1, 0.15) is 5.60 Å². The maximum atomic E-state index is 13.3. The summed E-state index contributed by atoms with van der Waals surface area (Å²) in [5, 5.41) is 10.3. The molecule has 0 bridgehead atoms. The van der Waals surface area contributed by atoms with Crippen LogP contribution in [0.5, 0.6) is 0 Å². The molecule has 2 N–H and O–H groups in total. The van der Waals surface area contributed by atoms with Crippen LogP contribution in [0.25, 0.3) is 11.1 Å². The molecule has 0 saturated carbocycles. The van der Waals surface area contributed by atoms with E-state index in [0.717, 1.165) is 22.9 Å². The number of likely N-dealkylation sites (tertiary alicyclic amines) is 1. The van der Waals surface area contributed by atoms with Gasteiger partial charge in [-0.15, -0.1) is 0 Å². The summed E-state index contributed by atoms with van der Waals surface area (Å²) >= 11 is 0. The number of piperidine rings is 1. The van der Waals surface area contributed by atoms with Crippen molar-refractivity contribution in [2.75, 3.05) is 12.8 Å². The van der Waals surface area contributed by atoms with E-state index in [9.17, 15) is 23.1 Å². The fourth-order valence-electron chi connectivity index (χ4n) is 5.25. The predicted octanol–water partition coefficient (Wildman–Crippen LogP) is 5.18. The number of carbonyl (C=O) groups is 2. The largest absolute Gasteiger partial charge is 0.481 e. The second kappa shape index (κ2) is 12.3. The first kappa shape index (κ1) is 29.6. The summed E-state index contributed by atoms with van der Waals surface area (Å²) in [4.78, 5) is 27.4. The molecule has 0 aliphatic carbocycles. The molecule has 1 aliphatic heterocycles. The van der Waals surface area contributed by atoms with Gasteiger partial charge in [-0.3, -0.25) is 4.79 Å². The lowest BCUT2D eigenvalue weighted by Gasteiger charge is -2.42. The van der Waals surface area contributed by atoms with Crippen LogP contribution < -0.4 is 4.72 Å². The minimum absolute atomic E-state index is 0.288. The number of aliphatic carboxylic acids is 1. The molecule has 3 rings (SSSR count). The second-order valence-corrected chi connectivity index (χ2v) is 12.8. The van der Waals surface area contributed by atoms with Crippen molar-refractivity contribution in [1.82, 2.24) is 9.62 Å². The average Bonchev–Trinajstić information content (AvgIpc) is 2.82. The number of hydrogen-bond donors (Lipinski definition) is 2. The normalized spacial score (nSPS) is 19.1. The number of carboxylic acid groups (broad SMARTS) is 1. The molecule has 8 nitrogen and oxygen atoms in total. The van der Waals surface area contributed by atoms with Crippen LogP contribution >= 0.6 is 0 Å². The van der Waals surface area contributed by atoms with Gasteiger partial charge in [-0.05, 0) is 68.7 Å². The Hall–Kier alpha value is -2.91. The van der Waals surface area contributed by atoms with Crippen molar-refractivity contribution in [2.45, 2.75) is 83.4 Å². The predicted molar refractivity (Wildman–Crippen MR) is 149 cm³/mol. The number of nitrogens with zero attached hydrogens (tertiary/aromatic N) is 1. The summed E-state index contributed by atoms with van der Waals surface area (Å²) in [5.74, 6) is -1.65. The smallest absolute Gasteiger partial charge is 0.410 e. The Bertz CT molecular complexity index is 1220. The maximum Gasteiger partial charge on any atom is 0.410 e. The van der Waals surface area contributed by atoms with Gasteiger partial charge in [0.15, 0.2) is 0 Å². The number of benzene rings is 2. The van der Waals surface area contributed by atoms with Crippen LogP contribution in [0.1, 0.15) is 70.4 Å². The number of hydrogen-bond acceptors (Lipinski definition) is 5. The lowest BCUT2D eigenvalue weighted by atomic mass is 9.81. The van der Waals surface area contributed by atoms with Gasteiger partial charge in [0.05, 0.1) is 18.2 Å². The average molecular weight is 545 g/mol. The SMILES string of the molecule is CCCC(C(=O)O)c1c(CC2C(NS(C)(=O)=O)CCCN2C(=O)OC(C)(C)C)cccc1-c1ccccc1. The van der Waals surface area contributed by atoms with Crippen molar-refractivity contribution in [1.29, 1.82) is 0 Å².